The van der Waals surface area contributed by atoms with Gasteiger partial charge in [0.05, 0.1) is 19.1 Å². The molecular formula is C19H36Cl2N4O3. The van der Waals surface area contributed by atoms with Crippen molar-refractivity contribution in [1.82, 2.24) is 20.0 Å². The van der Waals surface area contributed by atoms with Gasteiger partial charge in [0.15, 0.2) is 0 Å². The van der Waals surface area contributed by atoms with Crippen molar-refractivity contribution >= 4 is 36.6 Å². The number of nitrogens with zero attached hydrogens (tertiary/aromatic N) is 3. The molecule has 1 atom stereocenters. The summed E-state index contributed by atoms with van der Waals surface area (Å²) in [7, 11) is 1.99. The molecule has 9 heteroatoms. The van der Waals surface area contributed by atoms with E-state index in [0.717, 1.165) is 77.8 Å². The van der Waals surface area contributed by atoms with Crippen molar-refractivity contribution in [3.8, 4) is 0 Å². The summed E-state index contributed by atoms with van der Waals surface area (Å²) in [6.45, 7) is 8.40. The molecule has 3 saturated heterocycles. The van der Waals surface area contributed by atoms with Gasteiger partial charge >= 0.3 is 0 Å². The summed E-state index contributed by atoms with van der Waals surface area (Å²) >= 11 is 0. The van der Waals surface area contributed by atoms with Crippen molar-refractivity contribution in [2.24, 2.45) is 11.8 Å². The molecule has 0 aromatic rings. The van der Waals surface area contributed by atoms with Crippen LogP contribution in [0.25, 0.3) is 0 Å². The lowest BCUT2D eigenvalue weighted by molar-refractivity contribution is -0.137. The number of hydrogen-bond acceptors (Lipinski definition) is 5. The van der Waals surface area contributed by atoms with Crippen LogP contribution in [0.1, 0.15) is 25.7 Å². The van der Waals surface area contributed by atoms with Gasteiger partial charge in [-0.25, -0.2) is 0 Å². The first-order chi connectivity index (χ1) is 12.7. The fraction of sp³-hybridized carbons (Fsp3) is 0.895. The third-order valence-corrected chi connectivity index (χ3v) is 6.08. The maximum atomic E-state index is 12.8. The highest BCUT2D eigenvalue weighted by atomic mass is 35.5. The second kappa shape index (κ2) is 12.9. The molecular weight excluding hydrogens is 403 g/mol. The van der Waals surface area contributed by atoms with Crippen LogP contribution in [0.5, 0.6) is 0 Å². The Kier molecular flexibility index (Phi) is 11.7. The van der Waals surface area contributed by atoms with E-state index in [1.165, 1.54) is 6.42 Å². The molecule has 0 bridgehead atoms. The molecule has 7 nitrogen and oxygen atoms in total. The maximum absolute atomic E-state index is 12.8. The Bertz CT molecular complexity index is 484. The van der Waals surface area contributed by atoms with Crippen molar-refractivity contribution in [2.45, 2.75) is 25.7 Å². The molecule has 0 aromatic heterocycles. The van der Waals surface area contributed by atoms with Crippen molar-refractivity contribution in [2.75, 3.05) is 72.6 Å². The number of morpholine rings is 1. The first-order valence-corrected chi connectivity index (χ1v) is 10.2. The van der Waals surface area contributed by atoms with E-state index in [0.29, 0.717) is 13.0 Å². The molecule has 0 aromatic carbocycles. The van der Waals surface area contributed by atoms with Gasteiger partial charge in [0.25, 0.3) is 0 Å². The summed E-state index contributed by atoms with van der Waals surface area (Å²) in [4.78, 5) is 31.4. The Morgan fingerprint density at radius 1 is 1.11 bits per heavy atom. The molecule has 164 valence electrons. The molecule has 3 aliphatic rings. The van der Waals surface area contributed by atoms with Gasteiger partial charge in [-0.2, -0.15) is 0 Å². The SMILES string of the molecule is CNCCC1CCN(C(=O)C2CC(=O)N(CCN3CCOCC3)C2)CC1.Cl.Cl. The van der Waals surface area contributed by atoms with Gasteiger partial charge in [-0.3, -0.25) is 14.5 Å². The van der Waals surface area contributed by atoms with Gasteiger partial charge in [0, 0.05) is 52.2 Å². The van der Waals surface area contributed by atoms with Crippen LogP contribution in [0, 0.1) is 11.8 Å². The Morgan fingerprint density at radius 2 is 1.79 bits per heavy atom. The Balaban J connectivity index is 0.00000196. The van der Waals surface area contributed by atoms with Crippen molar-refractivity contribution in [3.05, 3.63) is 0 Å². The molecule has 0 saturated carbocycles. The van der Waals surface area contributed by atoms with Gasteiger partial charge in [-0.05, 0) is 38.8 Å². The second-order valence-electron chi connectivity index (χ2n) is 7.86. The molecule has 3 aliphatic heterocycles. The van der Waals surface area contributed by atoms with E-state index in [9.17, 15) is 9.59 Å². The van der Waals surface area contributed by atoms with E-state index < -0.39 is 0 Å². The molecule has 1 unspecified atom stereocenters. The van der Waals surface area contributed by atoms with Gasteiger partial charge in [-0.1, -0.05) is 0 Å². The average Bonchev–Trinajstić information content (AvgIpc) is 3.06. The number of carbonyl (C=O) groups is 2. The van der Waals surface area contributed by atoms with Gasteiger partial charge in [0.2, 0.25) is 11.8 Å². The van der Waals surface area contributed by atoms with Crippen LogP contribution in [-0.2, 0) is 14.3 Å². The predicted molar refractivity (Wildman–Crippen MR) is 114 cm³/mol. The first-order valence-electron chi connectivity index (χ1n) is 10.2. The first kappa shape index (κ1) is 25.4. The lowest BCUT2D eigenvalue weighted by Gasteiger charge is -2.33. The highest BCUT2D eigenvalue weighted by Gasteiger charge is 2.37. The van der Waals surface area contributed by atoms with Crippen LogP contribution in [0.4, 0.5) is 0 Å². The maximum Gasteiger partial charge on any atom is 0.227 e. The van der Waals surface area contributed by atoms with Crippen LogP contribution >= 0.6 is 24.8 Å². The van der Waals surface area contributed by atoms with E-state index >= 15 is 0 Å². The lowest BCUT2D eigenvalue weighted by atomic mass is 9.92. The zero-order chi connectivity index (χ0) is 18.4. The van der Waals surface area contributed by atoms with E-state index in [4.69, 9.17) is 4.74 Å². The van der Waals surface area contributed by atoms with Crippen molar-refractivity contribution < 1.29 is 14.3 Å². The van der Waals surface area contributed by atoms with E-state index in [-0.39, 0.29) is 42.5 Å². The van der Waals surface area contributed by atoms with E-state index in [1.54, 1.807) is 0 Å². The summed E-state index contributed by atoms with van der Waals surface area (Å²) < 4.78 is 5.36. The predicted octanol–water partition coefficient (Wildman–Crippen LogP) is 0.859. The largest absolute Gasteiger partial charge is 0.379 e. The summed E-state index contributed by atoms with van der Waals surface area (Å²) in [6.07, 6.45) is 3.76. The van der Waals surface area contributed by atoms with Crippen molar-refractivity contribution in [1.29, 1.82) is 0 Å². The molecule has 3 heterocycles. The fourth-order valence-electron chi connectivity index (χ4n) is 4.29. The number of ether oxygens (including phenoxy) is 1. The third-order valence-electron chi connectivity index (χ3n) is 6.08. The zero-order valence-corrected chi connectivity index (χ0v) is 18.6. The molecule has 28 heavy (non-hydrogen) atoms. The fourth-order valence-corrected chi connectivity index (χ4v) is 4.29. The smallest absolute Gasteiger partial charge is 0.227 e. The van der Waals surface area contributed by atoms with Crippen LogP contribution in [-0.4, -0.2) is 99.1 Å². The lowest BCUT2D eigenvalue weighted by Crippen LogP contribution is -2.44. The zero-order valence-electron chi connectivity index (χ0n) is 16.9. The van der Waals surface area contributed by atoms with E-state index in [1.807, 2.05) is 16.8 Å². The van der Waals surface area contributed by atoms with Crippen LogP contribution < -0.4 is 5.32 Å². The van der Waals surface area contributed by atoms with Crippen LogP contribution in [0.15, 0.2) is 0 Å². The highest BCUT2D eigenvalue weighted by molar-refractivity contribution is 5.89. The topological polar surface area (TPSA) is 65.1 Å². The average molecular weight is 439 g/mol. The molecule has 0 radical (unpaired) electrons. The normalized spacial score (nSPS) is 24.0. The minimum Gasteiger partial charge on any atom is -0.379 e. The number of carbonyl (C=O) groups excluding carboxylic acids is 2. The van der Waals surface area contributed by atoms with Crippen LogP contribution in [0.3, 0.4) is 0 Å². The minimum absolute atomic E-state index is 0. The van der Waals surface area contributed by atoms with Crippen molar-refractivity contribution in [3.63, 3.8) is 0 Å². The summed E-state index contributed by atoms with van der Waals surface area (Å²) in [6, 6.07) is 0. The van der Waals surface area contributed by atoms with Gasteiger partial charge in [0.1, 0.15) is 0 Å². The number of halogens is 2. The Morgan fingerprint density at radius 3 is 2.43 bits per heavy atom. The molecule has 3 rings (SSSR count). The monoisotopic (exact) mass is 438 g/mol. The summed E-state index contributed by atoms with van der Waals surface area (Å²) in [5.41, 5.74) is 0. The number of rotatable bonds is 7. The summed E-state index contributed by atoms with van der Waals surface area (Å²) in [5.74, 6) is 0.919. The van der Waals surface area contributed by atoms with Crippen LogP contribution in [0.2, 0.25) is 0 Å². The molecule has 3 fully saturated rings. The Hall–Kier alpha value is -0.600. The Labute approximate surface area is 181 Å². The number of nitrogens with one attached hydrogen (secondary N) is 1. The van der Waals surface area contributed by atoms with Gasteiger partial charge < -0.3 is 19.9 Å². The standard InChI is InChI=1S/C19H34N4O3.2ClH/c1-20-5-2-16-3-6-22(7-4-16)19(25)17-14-18(24)23(15-17)9-8-21-10-12-26-13-11-21;;/h16-17,20H,2-15H2,1H3;2*1H. The third kappa shape index (κ3) is 7.02. The molecule has 2 amide bonds. The molecule has 0 aliphatic carbocycles. The second-order valence-corrected chi connectivity index (χ2v) is 7.86. The number of likely N-dealkylation sites (tertiary alicyclic amines) is 2. The highest BCUT2D eigenvalue weighted by Crippen LogP contribution is 2.25. The van der Waals surface area contributed by atoms with Gasteiger partial charge in [-0.15, -0.1) is 24.8 Å². The minimum atomic E-state index is -0.138. The quantitative estimate of drug-likeness (QED) is 0.638. The van der Waals surface area contributed by atoms with E-state index in [2.05, 4.69) is 10.2 Å². The summed E-state index contributed by atoms with van der Waals surface area (Å²) in [5, 5.41) is 3.21. The molecule has 1 N–H and O–H groups in total. The number of hydrogen-bond donors (Lipinski definition) is 1. The number of amides is 2. The molecule has 0 spiro atoms. The number of piperidine rings is 1.